The molecule has 3 unspecified atom stereocenters. The molecule has 0 N–H and O–H groups in total. The molecule has 0 saturated carbocycles. The van der Waals surface area contributed by atoms with Crippen LogP contribution in [0.4, 0.5) is 0 Å². The molecule has 1 nitrogen and oxygen atoms in total. The SMILES string of the molecule is Br.CCCCCCCC(CC)N(C(CC)CCCCCCC)C(CC)CCCCCCC. The van der Waals surface area contributed by atoms with Gasteiger partial charge in [-0.1, -0.05) is 138 Å². The average molecular weight is 519 g/mol. The number of hydrogen-bond acceptors (Lipinski definition) is 1. The molecule has 0 radical (unpaired) electrons. The Morgan fingerprint density at radius 2 is 0.625 bits per heavy atom. The van der Waals surface area contributed by atoms with Crippen LogP contribution in [0.2, 0.25) is 0 Å². The summed E-state index contributed by atoms with van der Waals surface area (Å²) in [6.45, 7) is 14.4. The van der Waals surface area contributed by atoms with E-state index in [1.165, 1.54) is 135 Å². The maximum absolute atomic E-state index is 3.08. The first-order valence-corrected chi connectivity index (χ1v) is 15.0. The first kappa shape index (κ1) is 34.6. The molecular formula is C30H64BrN. The number of nitrogens with zero attached hydrogens (tertiary/aromatic N) is 1. The summed E-state index contributed by atoms with van der Waals surface area (Å²) in [7, 11) is 0. The van der Waals surface area contributed by atoms with Crippen molar-refractivity contribution >= 4 is 17.0 Å². The number of unbranched alkanes of at least 4 members (excludes halogenated alkanes) is 12. The Morgan fingerprint density at radius 3 is 0.844 bits per heavy atom. The smallest absolute Gasteiger partial charge is 0.00984 e. The highest BCUT2D eigenvalue weighted by Crippen LogP contribution is 2.28. The van der Waals surface area contributed by atoms with Crippen molar-refractivity contribution < 1.29 is 0 Å². The number of halogens is 1. The van der Waals surface area contributed by atoms with Gasteiger partial charge in [-0.05, 0) is 38.5 Å². The van der Waals surface area contributed by atoms with Gasteiger partial charge in [0.2, 0.25) is 0 Å². The summed E-state index contributed by atoms with van der Waals surface area (Å²) in [5.74, 6) is 0. The molecule has 0 bridgehead atoms. The minimum Gasteiger partial charge on any atom is -0.295 e. The quantitative estimate of drug-likeness (QED) is 0.115. The Morgan fingerprint density at radius 1 is 0.375 bits per heavy atom. The van der Waals surface area contributed by atoms with Crippen LogP contribution in [0.5, 0.6) is 0 Å². The summed E-state index contributed by atoms with van der Waals surface area (Å²) in [6.07, 6.45) is 29.6. The fraction of sp³-hybridized carbons (Fsp3) is 1.00. The molecule has 196 valence electrons. The van der Waals surface area contributed by atoms with Crippen molar-refractivity contribution in [1.29, 1.82) is 0 Å². The maximum Gasteiger partial charge on any atom is 0.00984 e. The zero-order valence-electron chi connectivity index (χ0n) is 23.4. The summed E-state index contributed by atoms with van der Waals surface area (Å²) in [4.78, 5) is 3.08. The highest BCUT2D eigenvalue weighted by molar-refractivity contribution is 8.93. The van der Waals surface area contributed by atoms with E-state index in [9.17, 15) is 0 Å². The third-order valence-corrected chi connectivity index (χ3v) is 7.60. The van der Waals surface area contributed by atoms with Crippen LogP contribution in [-0.2, 0) is 0 Å². The van der Waals surface area contributed by atoms with Crippen LogP contribution in [0, 0.1) is 0 Å². The highest BCUT2D eigenvalue weighted by atomic mass is 79.9. The minimum absolute atomic E-state index is 0. The lowest BCUT2D eigenvalue weighted by Crippen LogP contribution is -2.49. The van der Waals surface area contributed by atoms with Gasteiger partial charge in [0.05, 0.1) is 0 Å². The van der Waals surface area contributed by atoms with E-state index in [1.54, 1.807) is 0 Å². The van der Waals surface area contributed by atoms with Crippen LogP contribution in [0.15, 0.2) is 0 Å². The summed E-state index contributed by atoms with van der Waals surface area (Å²) in [5.41, 5.74) is 0. The van der Waals surface area contributed by atoms with Crippen molar-refractivity contribution in [3.63, 3.8) is 0 Å². The van der Waals surface area contributed by atoms with Gasteiger partial charge in [-0.15, -0.1) is 17.0 Å². The third kappa shape index (κ3) is 17.0. The molecule has 0 spiro atoms. The zero-order valence-corrected chi connectivity index (χ0v) is 25.1. The first-order valence-electron chi connectivity index (χ1n) is 15.0. The van der Waals surface area contributed by atoms with Crippen LogP contribution < -0.4 is 0 Å². The van der Waals surface area contributed by atoms with E-state index >= 15 is 0 Å². The molecule has 0 aromatic rings. The van der Waals surface area contributed by atoms with Gasteiger partial charge >= 0.3 is 0 Å². The Bertz CT molecular complexity index is 293. The summed E-state index contributed by atoms with van der Waals surface area (Å²) >= 11 is 0. The first-order chi connectivity index (χ1) is 15.2. The molecule has 0 aliphatic carbocycles. The van der Waals surface area contributed by atoms with Gasteiger partial charge < -0.3 is 0 Å². The van der Waals surface area contributed by atoms with Crippen molar-refractivity contribution in [2.24, 2.45) is 0 Å². The average Bonchev–Trinajstić information content (AvgIpc) is 2.79. The van der Waals surface area contributed by atoms with E-state index in [0.717, 1.165) is 18.1 Å². The van der Waals surface area contributed by atoms with Crippen LogP contribution >= 0.6 is 17.0 Å². The molecule has 0 aliphatic rings. The van der Waals surface area contributed by atoms with E-state index in [-0.39, 0.29) is 17.0 Å². The van der Waals surface area contributed by atoms with Crippen LogP contribution in [0.1, 0.15) is 176 Å². The lowest BCUT2D eigenvalue weighted by atomic mass is 9.92. The van der Waals surface area contributed by atoms with E-state index < -0.39 is 0 Å². The molecule has 0 heterocycles. The predicted molar refractivity (Wildman–Crippen MR) is 155 cm³/mol. The van der Waals surface area contributed by atoms with Crippen molar-refractivity contribution in [1.82, 2.24) is 4.90 Å². The molecule has 0 fully saturated rings. The van der Waals surface area contributed by atoms with Crippen molar-refractivity contribution in [3.8, 4) is 0 Å². The molecule has 2 heteroatoms. The topological polar surface area (TPSA) is 3.24 Å². The molecule has 3 atom stereocenters. The van der Waals surface area contributed by atoms with Gasteiger partial charge in [0.25, 0.3) is 0 Å². The highest BCUT2D eigenvalue weighted by Gasteiger charge is 2.29. The molecule has 0 saturated heterocycles. The summed E-state index contributed by atoms with van der Waals surface area (Å²) in [6, 6.07) is 2.42. The lowest BCUT2D eigenvalue weighted by Gasteiger charge is -2.43. The molecule has 0 aromatic heterocycles. The van der Waals surface area contributed by atoms with E-state index in [2.05, 4.69) is 46.4 Å². The lowest BCUT2D eigenvalue weighted by molar-refractivity contribution is 0.0509. The van der Waals surface area contributed by atoms with Crippen LogP contribution in [0.3, 0.4) is 0 Å². The van der Waals surface area contributed by atoms with E-state index in [4.69, 9.17) is 0 Å². The monoisotopic (exact) mass is 517 g/mol. The molecular weight excluding hydrogens is 454 g/mol. The van der Waals surface area contributed by atoms with Gasteiger partial charge in [-0.2, -0.15) is 0 Å². The fourth-order valence-corrected chi connectivity index (χ4v) is 5.54. The van der Waals surface area contributed by atoms with Gasteiger partial charge in [-0.3, -0.25) is 4.90 Å². The maximum atomic E-state index is 3.08. The second-order valence-electron chi connectivity index (χ2n) is 10.2. The fourth-order valence-electron chi connectivity index (χ4n) is 5.54. The molecule has 0 amide bonds. The van der Waals surface area contributed by atoms with Gasteiger partial charge in [-0.25, -0.2) is 0 Å². The van der Waals surface area contributed by atoms with E-state index in [0.29, 0.717) is 0 Å². The third-order valence-electron chi connectivity index (χ3n) is 7.60. The van der Waals surface area contributed by atoms with Gasteiger partial charge in [0.1, 0.15) is 0 Å². The molecule has 0 aromatic carbocycles. The molecule has 0 aliphatic heterocycles. The van der Waals surface area contributed by atoms with Gasteiger partial charge in [0, 0.05) is 18.1 Å². The van der Waals surface area contributed by atoms with Crippen LogP contribution in [-0.4, -0.2) is 23.0 Å². The zero-order chi connectivity index (χ0) is 23.2. The van der Waals surface area contributed by atoms with Crippen LogP contribution in [0.25, 0.3) is 0 Å². The Balaban J connectivity index is 0. The normalized spacial score (nSPS) is 14.3. The number of rotatable bonds is 24. The summed E-state index contributed by atoms with van der Waals surface area (Å²) < 4.78 is 0. The predicted octanol–water partition coefficient (Wildman–Crippen LogP) is 11.3. The van der Waals surface area contributed by atoms with Crippen molar-refractivity contribution in [3.05, 3.63) is 0 Å². The Kier molecular flexibility index (Phi) is 28.2. The second kappa shape index (κ2) is 26.1. The minimum atomic E-state index is 0. The van der Waals surface area contributed by atoms with E-state index in [1.807, 2.05) is 0 Å². The Hall–Kier alpha value is 0.440. The second-order valence-corrected chi connectivity index (χ2v) is 10.2. The number of hydrogen-bond donors (Lipinski definition) is 0. The van der Waals surface area contributed by atoms with Gasteiger partial charge in [0.15, 0.2) is 0 Å². The van der Waals surface area contributed by atoms with Crippen molar-refractivity contribution in [2.75, 3.05) is 0 Å². The molecule has 32 heavy (non-hydrogen) atoms. The standard InChI is InChI=1S/C30H63N.BrH/c1-7-13-16-19-22-25-28(10-4)31(29(11-5)26-23-20-17-14-8-2)30(12-6)27-24-21-18-15-9-3;/h28-30H,7-27H2,1-6H3;1H. The largest absolute Gasteiger partial charge is 0.295 e. The van der Waals surface area contributed by atoms with Crippen molar-refractivity contribution in [2.45, 2.75) is 195 Å². The Labute approximate surface area is 216 Å². The summed E-state index contributed by atoms with van der Waals surface area (Å²) in [5, 5.41) is 0. The molecule has 0 rings (SSSR count).